The van der Waals surface area contributed by atoms with E-state index in [1.807, 2.05) is 25.5 Å². The van der Waals surface area contributed by atoms with Crippen LogP contribution in [0.4, 0.5) is 13.2 Å². The van der Waals surface area contributed by atoms with Crippen LogP contribution in [0.1, 0.15) is 33.6 Å². The van der Waals surface area contributed by atoms with Gasteiger partial charge in [0.25, 0.3) is 0 Å². The molecule has 3 aliphatic rings. The van der Waals surface area contributed by atoms with Gasteiger partial charge in [0, 0.05) is 12.5 Å². The fourth-order valence-corrected chi connectivity index (χ4v) is 5.54. The first-order chi connectivity index (χ1) is 16.5. The Labute approximate surface area is 208 Å². The van der Waals surface area contributed by atoms with Gasteiger partial charge in [-0.2, -0.15) is 18.4 Å². The molecule has 36 heavy (non-hydrogen) atoms. The molecule has 6 atom stereocenters. The number of fused-ring (bicyclic) bond motifs is 1. The molecule has 200 valence electrons. The highest BCUT2D eigenvalue weighted by molar-refractivity contribution is 5.94. The summed E-state index contributed by atoms with van der Waals surface area (Å²) in [4.78, 5) is 51.9. The molecule has 0 aromatic carbocycles. The average Bonchev–Trinajstić information content (AvgIpc) is 3.30. The molecule has 3 aliphatic heterocycles. The maximum atomic E-state index is 13.6. The van der Waals surface area contributed by atoms with Gasteiger partial charge in [0.15, 0.2) is 0 Å². The third kappa shape index (κ3) is 5.43. The number of nitrogens with one attached hydrogen (secondary N) is 3. The Kier molecular flexibility index (Phi) is 7.34. The normalized spacial score (nSPS) is 28.8. The molecule has 0 aromatic rings. The van der Waals surface area contributed by atoms with Gasteiger partial charge in [0.2, 0.25) is 17.7 Å². The predicted molar refractivity (Wildman–Crippen MR) is 120 cm³/mol. The minimum Gasteiger partial charge on any atom is -0.356 e. The fraction of sp³-hybridized carbons (Fsp3) is 0.783. The number of carbonyl (C=O) groups excluding carboxylic acids is 4. The minimum absolute atomic E-state index is 0.121. The number of hydrogen-bond acceptors (Lipinski definition) is 5. The number of carbonyl (C=O) groups is 4. The van der Waals surface area contributed by atoms with Gasteiger partial charge in [-0.3, -0.25) is 19.2 Å². The Morgan fingerprint density at radius 1 is 1.22 bits per heavy atom. The SMILES string of the molecule is CC(C)(C)[C@H](NC(=O)C(F)(F)F)C(=O)N1C[C@H]2[C@H](C[N+]2(C)C)[C@H]1C(=O)N[C@H](C#N)C[C@@H]1CCNC1=O. The molecule has 0 spiro atoms. The zero-order valence-electron chi connectivity index (χ0n) is 21.1. The molecule has 10 nitrogen and oxygen atoms in total. The Morgan fingerprint density at radius 2 is 1.86 bits per heavy atom. The highest BCUT2D eigenvalue weighted by Crippen LogP contribution is 2.42. The summed E-state index contributed by atoms with van der Waals surface area (Å²) in [5.74, 6) is -4.44. The summed E-state index contributed by atoms with van der Waals surface area (Å²) in [5.41, 5.74) is -1.07. The zero-order valence-corrected chi connectivity index (χ0v) is 21.1. The van der Waals surface area contributed by atoms with Gasteiger partial charge in [0.1, 0.15) is 24.2 Å². The number of halogens is 3. The van der Waals surface area contributed by atoms with Crippen molar-refractivity contribution in [2.24, 2.45) is 17.3 Å². The molecule has 3 N–H and O–H groups in total. The Hall–Kier alpha value is -2.88. The Morgan fingerprint density at radius 3 is 2.33 bits per heavy atom. The summed E-state index contributed by atoms with van der Waals surface area (Å²) in [6.07, 6.45) is -4.50. The van der Waals surface area contributed by atoms with Gasteiger partial charge in [-0.05, 0) is 18.3 Å². The van der Waals surface area contributed by atoms with E-state index >= 15 is 0 Å². The molecule has 13 heteroatoms. The highest BCUT2D eigenvalue weighted by Gasteiger charge is 2.63. The van der Waals surface area contributed by atoms with Gasteiger partial charge >= 0.3 is 12.1 Å². The van der Waals surface area contributed by atoms with Crippen molar-refractivity contribution in [3.63, 3.8) is 0 Å². The van der Waals surface area contributed by atoms with E-state index in [9.17, 15) is 37.6 Å². The van der Waals surface area contributed by atoms with E-state index in [1.165, 1.54) is 25.7 Å². The summed E-state index contributed by atoms with van der Waals surface area (Å²) in [6, 6.07) is -1.62. The molecule has 0 unspecified atom stereocenters. The summed E-state index contributed by atoms with van der Waals surface area (Å²) >= 11 is 0. The van der Waals surface area contributed by atoms with Gasteiger partial charge < -0.3 is 25.3 Å². The van der Waals surface area contributed by atoms with Crippen molar-refractivity contribution in [3.05, 3.63) is 0 Å². The molecular weight excluding hydrogens is 481 g/mol. The minimum atomic E-state index is -5.17. The maximum Gasteiger partial charge on any atom is 0.471 e. The largest absolute Gasteiger partial charge is 0.471 e. The average molecular weight is 516 g/mol. The maximum absolute atomic E-state index is 13.6. The van der Waals surface area contributed by atoms with Crippen molar-refractivity contribution < 1.29 is 36.8 Å². The lowest BCUT2D eigenvalue weighted by molar-refractivity contribution is -0.962. The number of quaternary nitrogens is 1. The van der Waals surface area contributed by atoms with Crippen molar-refractivity contribution in [3.8, 4) is 6.07 Å². The van der Waals surface area contributed by atoms with E-state index in [2.05, 4.69) is 10.6 Å². The number of likely N-dealkylation sites (tertiary alicyclic amines) is 2. The topological polar surface area (TPSA) is 131 Å². The number of hydrogen-bond donors (Lipinski definition) is 3. The lowest BCUT2D eigenvalue weighted by atomic mass is 9.83. The highest BCUT2D eigenvalue weighted by atomic mass is 19.4. The second-order valence-electron chi connectivity index (χ2n) is 11.6. The summed E-state index contributed by atoms with van der Waals surface area (Å²) < 4.78 is 39.5. The van der Waals surface area contributed by atoms with Crippen LogP contribution in [-0.2, 0) is 19.2 Å². The lowest BCUT2D eigenvalue weighted by Crippen LogP contribution is -2.68. The third-order valence-electron chi connectivity index (χ3n) is 7.55. The fourth-order valence-electron chi connectivity index (χ4n) is 5.54. The van der Waals surface area contributed by atoms with Crippen LogP contribution < -0.4 is 16.0 Å². The Balaban J connectivity index is 1.84. The molecule has 0 bridgehead atoms. The smallest absolute Gasteiger partial charge is 0.356 e. The van der Waals surface area contributed by atoms with Crippen LogP contribution in [0.5, 0.6) is 0 Å². The van der Waals surface area contributed by atoms with Crippen molar-refractivity contribution in [1.29, 1.82) is 5.26 Å². The van der Waals surface area contributed by atoms with Gasteiger partial charge in [-0.1, -0.05) is 20.8 Å². The first kappa shape index (κ1) is 27.7. The van der Waals surface area contributed by atoms with Crippen LogP contribution in [-0.4, -0.2) is 97.1 Å². The molecule has 3 rings (SSSR count). The Bertz CT molecular complexity index is 970. The predicted octanol–water partition coefficient (Wildman–Crippen LogP) is -0.100. The lowest BCUT2D eigenvalue weighted by Gasteiger charge is -2.49. The number of amides is 4. The van der Waals surface area contributed by atoms with Crippen molar-refractivity contribution >= 4 is 23.6 Å². The van der Waals surface area contributed by atoms with E-state index < -0.39 is 53.4 Å². The quantitative estimate of drug-likeness (QED) is 0.425. The third-order valence-corrected chi connectivity index (χ3v) is 7.55. The van der Waals surface area contributed by atoms with E-state index in [-0.39, 0.29) is 30.8 Å². The molecular formula is C23H34F3N6O4+. The molecule has 0 aromatic heterocycles. The first-order valence-corrected chi connectivity index (χ1v) is 12.0. The van der Waals surface area contributed by atoms with Crippen molar-refractivity contribution in [1.82, 2.24) is 20.9 Å². The van der Waals surface area contributed by atoms with Crippen LogP contribution in [0.2, 0.25) is 0 Å². The second kappa shape index (κ2) is 9.53. The van der Waals surface area contributed by atoms with Gasteiger partial charge in [0.05, 0.1) is 39.2 Å². The van der Waals surface area contributed by atoms with Crippen LogP contribution in [0, 0.1) is 28.6 Å². The first-order valence-electron chi connectivity index (χ1n) is 12.0. The zero-order chi connectivity index (χ0) is 27.2. The van der Waals surface area contributed by atoms with Gasteiger partial charge in [-0.25, -0.2) is 0 Å². The number of nitrogens with zero attached hydrogens (tertiary/aromatic N) is 3. The van der Waals surface area contributed by atoms with Crippen molar-refractivity contribution in [2.75, 3.05) is 33.7 Å². The van der Waals surface area contributed by atoms with Crippen LogP contribution in [0.25, 0.3) is 0 Å². The molecule has 3 heterocycles. The summed E-state index contributed by atoms with van der Waals surface area (Å²) in [5, 5.41) is 16.7. The van der Waals surface area contributed by atoms with E-state index in [0.29, 0.717) is 24.0 Å². The molecule has 0 saturated carbocycles. The van der Waals surface area contributed by atoms with Crippen LogP contribution in [0.15, 0.2) is 0 Å². The van der Waals surface area contributed by atoms with E-state index in [4.69, 9.17) is 0 Å². The van der Waals surface area contributed by atoms with E-state index in [1.54, 1.807) is 0 Å². The van der Waals surface area contributed by atoms with E-state index in [0.717, 1.165) is 0 Å². The molecule has 3 saturated heterocycles. The molecule has 3 fully saturated rings. The standard InChI is InChI=1S/C23H33F3N6O4/c1-22(2,3)17(30-21(36)23(24,25)26)20(35)31-10-15-14(11-32(15,4)5)16(31)19(34)29-13(9-27)8-12-6-7-28-18(12)33/h12-17H,6-8,10-11H2,1-5H3,(H2-,28,29,30,33,34,36)/p+1/t12-,13-,14-,15-,16-,17+/m0/s1. The number of alkyl halides is 3. The second-order valence-corrected chi connectivity index (χ2v) is 11.6. The number of likely N-dealkylation sites (N-methyl/N-ethyl adjacent to an activating group) is 1. The van der Waals surface area contributed by atoms with Crippen molar-refractivity contribution in [2.45, 2.75) is 64.0 Å². The van der Waals surface area contributed by atoms with Crippen LogP contribution >= 0.6 is 0 Å². The van der Waals surface area contributed by atoms with Gasteiger partial charge in [-0.15, -0.1) is 0 Å². The number of nitriles is 1. The summed E-state index contributed by atoms with van der Waals surface area (Å²) in [6.45, 7) is 5.78. The summed E-state index contributed by atoms with van der Waals surface area (Å²) in [7, 11) is 3.88. The molecule has 4 amide bonds. The number of rotatable bonds is 6. The monoisotopic (exact) mass is 515 g/mol. The molecule has 0 aliphatic carbocycles. The molecule has 0 radical (unpaired) electrons. The van der Waals surface area contributed by atoms with Crippen LogP contribution in [0.3, 0.4) is 0 Å².